The Balaban J connectivity index is 3.05. The second-order valence-corrected chi connectivity index (χ2v) is 13.4. The summed E-state index contributed by atoms with van der Waals surface area (Å²) in [5.41, 5.74) is 6.02. The first-order valence-electron chi connectivity index (χ1n) is 17.8. The van der Waals surface area contributed by atoms with Crippen molar-refractivity contribution in [3.8, 4) is 0 Å². The van der Waals surface area contributed by atoms with E-state index in [1.54, 1.807) is 37.3 Å². The summed E-state index contributed by atoms with van der Waals surface area (Å²) in [4.78, 5) is 90.1. The van der Waals surface area contributed by atoms with E-state index >= 15 is 0 Å². The first kappa shape index (κ1) is 44.5. The summed E-state index contributed by atoms with van der Waals surface area (Å²) in [7, 11) is 0. The van der Waals surface area contributed by atoms with Crippen LogP contribution < -0.4 is 37.6 Å². The van der Waals surface area contributed by atoms with Crippen molar-refractivity contribution >= 4 is 41.4 Å². The molecule has 0 spiro atoms. The molecule has 9 N–H and O–H groups in total. The lowest BCUT2D eigenvalue weighted by molar-refractivity contribution is -0.136. The van der Waals surface area contributed by atoms with Gasteiger partial charge < -0.3 is 42.7 Å². The summed E-state index contributed by atoms with van der Waals surface area (Å²) in [5, 5.41) is 25.9. The number of hydrogen-bond acceptors (Lipinski definition) is 8. The highest BCUT2D eigenvalue weighted by Crippen LogP contribution is 2.14. The number of aliphatic hydroxyl groups excluding tert-OH is 1. The number of hydrogen-bond donors (Lipinski definition) is 8. The van der Waals surface area contributed by atoms with Crippen molar-refractivity contribution in [3.05, 3.63) is 35.9 Å². The van der Waals surface area contributed by atoms with Gasteiger partial charge in [-0.05, 0) is 37.2 Å². The van der Waals surface area contributed by atoms with Gasteiger partial charge in [-0.25, -0.2) is 0 Å². The van der Waals surface area contributed by atoms with Gasteiger partial charge in [0.1, 0.15) is 30.2 Å². The quantitative estimate of drug-likeness (QED) is 0.0754. The van der Waals surface area contributed by atoms with Gasteiger partial charge in [0.2, 0.25) is 41.4 Å². The SMILES string of the molecule is CCCCCC[C@H](NC(=O)[C@@H](NC(=O)[C@H](CC(C)C)NC(=O)[C@@H](NC(=O)CNC(=O)[C@@H](NC(C)=O)c1ccccc1)[C@@H](C)CC)[C@@H](C)O)C(N)=O. The predicted octanol–water partition coefficient (Wildman–Crippen LogP) is 0.848. The van der Waals surface area contributed by atoms with Crippen molar-refractivity contribution in [1.29, 1.82) is 0 Å². The van der Waals surface area contributed by atoms with Gasteiger partial charge >= 0.3 is 0 Å². The first-order chi connectivity index (χ1) is 24.0. The van der Waals surface area contributed by atoms with E-state index in [1.165, 1.54) is 13.8 Å². The minimum Gasteiger partial charge on any atom is -0.391 e. The summed E-state index contributed by atoms with van der Waals surface area (Å²) in [6.07, 6.45) is 3.04. The van der Waals surface area contributed by atoms with Crippen LogP contribution in [0.4, 0.5) is 0 Å². The zero-order chi connectivity index (χ0) is 38.7. The average molecular weight is 718 g/mol. The van der Waals surface area contributed by atoms with Crippen LogP contribution in [0, 0.1) is 11.8 Å². The number of aliphatic hydroxyl groups is 1. The van der Waals surface area contributed by atoms with Gasteiger partial charge in [-0.15, -0.1) is 0 Å². The van der Waals surface area contributed by atoms with Gasteiger partial charge in [0.05, 0.1) is 12.6 Å². The van der Waals surface area contributed by atoms with Gasteiger partial charge in [-0.3, -0.25) is 33.6 Å². The molecule has 286 valence electrons. The summed E-state index contributed by atoms with van der Waals surface area (Å²) in [6, 6.07) is 2.78. The molecule has 0 radical (unpaired) electrons. The molecule has 0 aromatic heterocycles. The predicted molar refractivity (Wildman–Crippen MR) is 192 cm³/mol. The van der Waals surface area contributed by atoms with Crippen molar-refractivity contribution in [2.24, 2.45) is 17.6 Å². The molecule has 0 fully saturated rings. The number of nitrogens with two attached hydrogens (primary N) is 1. The van der Waals surface area contributed by atoms with Crippen LogP contribution in [-0.4, -0.2) is 83.3 Å². The monoisotopic (exact) mass is 717 g/mol. The number of carbonyl (C=O) groups excluding carboxylic acids is 7. The Morgan fingerprint density at radius 1 is 0.725 bits per heavy atom. The zero-order valence-electron chi connectivity index (χ0n) is 31.0. The van der Waals surface area contributed by atoms with Crippen LogP contribution in [0.2, 0.25) is 0 Å². The van der Waals surface area contributed by atoms with Crippen molar-refractivity contribution in [1.82, 2.24) is 31.9 Å². The highest BCUT2D eigenvalue weighted by atomic mass is 16.3. The maximum absolute atomic E-state index is 13.6. The summed E-state index contributed by atoms with van der Waals surface area (Å²) >= 11 is 0. The minimum absolute atomic E-state index is 0.0877. The van der Waals surface area contributed by atoms with Crippen molar-refractivity contribution < 1.29 is 38.7 Å². The Kier molecular flexibility index (Phi) is 20.1. The van der Waals surface area contributed by atoms with Crippen molar-refractivity contribution in [2.45, 2.75) is 130 Å². The maximum atomic E-state index is 13.6. The van der Waals surface area contributed by atoms with E-state index in [2.05, 4.69) is 31.9 Å². The van der Waals surface area contributed by atoms with Crippen LogP contribution >= 0.6 is 0 Å². The minimum atomic E-state index is -1.45. The maximum Gasteiger partial charge on any atom is 0.247 e. The van der Waals surface area contributed by atoms with Crippen LogP contribution in [0.3, 0.4) is 0 Å². The van der Waals surface area contributed by atoms with E-state index in [0.29, 0.717) is 24.8 Å². The number of primary amides is 1. The molecule has 1 aromatic carbocycles. The van der Waals surface area contributed by atoms with Crippen LogP contribution in [0.15, 0.2) is 30.3 Å². The van der Waals surface area contributed by atoms with E-state index < -0.39 is 84.2 Å². The molecule has 15 heteroatoms. The molecule has 0 aliphatic rings. The molecule has 0 heterocycles. The molecule has 0 bridgehead atoms. The van der Waals surface area contributed by atoms with E-state index in [-0.39, 0.29) is 18.3 Å². The molecule has 0 aliphatic carbocycles. The van der Waals surface area contributed by atoms with Gasteiger partial charge in [0, 0.05) is 6.92 Å². The Morgan fingerprint density at radius 2 is 1.33 bits per heavy atom. The van der Waals surface area contributed by atoms with E-state index in [1.807, 2.05) is 27.7 Å². The van der Waals surface area contributed by atoms with E-state index in [4.69, 9.17) is 5.73 Å². The van der Waals surface area contributed by atoms with Gasteiger partial charge in [0.15, 0.2) is 0 Å². The number of benzene rings is 1. The fourth-order valence-corrected chi connectivity index (χ4v) is 5.29. The Bertz CT molecular complexity index is 1310. The third-order valence-electron chi connectivity index (χ3n) is 8.39. The Hall–Kier alpha value is -4.53. The standard InChI is InChI=1S/C36H59N7O8/c1-8-10-11-15-18-26(32(37)47)40-36(51)30(23(6)44)43-33(48)27(19-21(3)4)41-35(50)29(22(5)9-2)42-28(46)20-38-34(49)31(39-24(7)45)25-16-13-12-14-17-25/h12-14,16-17,21-23,26-27,29-31,44H,8-11,15,18-20H2,1-7H3,(H2,37,47)(H,38,49)(H,39,45)(H,40,51)(H,41,50)(H,42,46)(H,43,48)/t22-,23+,26-,27-,29-,30-,31-/m0/s1. The largest absolute Gasteiger partial charge is 0.391 e. The van der Waals surface area contributed by atoms with Crippen LogP contribution in [0.1, 0.15) is 105 Å². The molecule has 0 saturated heterocycles. The third-order valence-corrected chi connectivity index (χ3v) is 8.39. The molecular formula is C36H59N7O8. The van der Waals surface area contributed by atoms with Crippen LogP contribution in [0.25, 0.3) is 0 Å². The molecule has 7 atom stereocenters. The fourth-order valence-electron chi connectivity index (χ4n) is 5.29. The Morgan fingerprint density at radius 3 is 1.86 bits per heavy atom. The lowest BCUT2D eigenvalue weighted by Gasteiger charge is -2.29. The highest BCUT2D eigenvalue weighted by molar-refractivity contribution is 5.96. The molecule has 1 aromatic rings. The molecule has 1 rings (SSSR count). The third kappa shape index (κ3) is 16.4. The molecule has 15 nitrogen and oxygen atoms in total. The molecule has 51 heavy (non-hydrogen) atoms. The highest BCUT2D eigenvalue weighted by Gasteiger charge is 2.34. The van der Waals surface area contributed by atoms with E-state index in [9.17, 15) is 38.7 Å². The Labute approximate surface area is 301 Å². The number of carbonyl (C=O) groups is 7. The second kappa shape index (κ2) is 23.0. The molecule has 0 saturated carbocycles. The van der Waals surface area contributed by atoms with Gasteiger partial charge in [-0.1, -0.05) is 97.1 Å². The second-order valence-electron chi connectivity index (χ2n) is 13.4. The lowest BCUT2D eigenvalue weighted by Crippen LogP contribution is -2.61. The summed E-state index contributed by atoms with van der Waals surface area (Å²) in [6.45, 7) is 11.4. The number of rotatable bonds is 23. The summed E-state index contributed by atoms with van der Waals surface area (Å²) in [5.74, 6) is -5.16. The van der Waals surface area contributed by atoms with Crippen molar-refractivity contribution in [3.63, 3.8) is 0 Å². The normalized spacial score (nSPS) is 15.2. The molecule has 0 unspecified atom stereocenters. The molecular weight excluding hydrogens is 658 g/mol. The smallest absolute Gasteiger partial charge is 0.247 e. The number of nitrogens with one attached hydrogen (secondary N) is 6. The van der Waals surface area contributed by atoms with Crippen molar-refractivity contribution in [2.75, 3.05) is 6.54 Å². The lowest BCUT2D eigenvalue weighted by atomic mass is 9.96. The topological polar surface area (TPSA) is 238 Å². The van der Waals surface area contributed by atoms with Crippen LogP contribution in [0.5, 0.6) is 0 Å². The average Bonchev–Trinajstić information content (AvgIpc) is 3.07. The zero-order valence-corrected chi connectivity index (χ0v) is 31.0. The van der Waals surface area contributed by atoms with Gasteiger partial charge in [0.25, 0.3) is 0 Å². The molecule has 7 amide bonds. The fraction of sp³-hybridized carbons (Fsp3) is 0.639. The van der Waals surface area contributed by atoms with Gasteiger partial charge in [-0.2, -0.15) is 0 Å². The molecule has 0 aliphatic heterocycles. The number of amides is 7. The summed E-state index contributed by atoms with van der Waals surface area (Å²) < 4.78 is 0. The van der Waals surface area contributed by atoms with Crippen LogP contribution in [-0.2, 0) is 33.6 Å². The first-order valence-corrected chi connectivity index (χ1v) is 17.8. The van der Waals surface area contributed by atoms with E-state index in [0.717, 1.165) is 19.3 Å². The number of unbranched alkanes of at least 4 members (excludes halogenated alkanes) is 3.